The van der Waals surface area contributed by atoms with Gasteiger partial charge in [-0.05, 0) is 18.2 Å². The summed E-state index contributed by atoms with van der Waals surface area (Å²) in [5, 5.41) is 5.71. The third-order valence-electron chi connectivity index (χ3n) is 2.15. The second-order valence-corrected chi connectivity index (χ2v) is 4.39. The summed E-state index contributed by atoms with van der Waals surface area (Å²) in [5.74, 6) is 0.887. The van der Waals surface area contributed by atoms with Crippen molar-refractivity contribution in [3.63, 3.8) is 0 Å². The largest absolute Gasteiger partial charge is 0.492 e. The predicted octanol–water partition coefficient (Wildman–Crippen LogP) is 1.55. The lowest BCUT2D eigenvalue weighted by atomic mass is 10.3. The first-order valence-electron chi connectivity index (χ1n) is 5.52. The van der Waals surface area contributed by atoms with Crippen molar-refractivity contribution < 1.29 is 9.53 Å². The number of rotatable bonds is 7. The van der Waals surface area contributed by atoms with Gasteiger partial charge in [-0.1, -0.05) is 22.0 Å². The van der Waals surface area contributed by atoms with Gasteiger partial charge in [0.05, 0.1) is 0 Å². The van der Waals surface area contributed by atoms with Crippen LogP contribution in [0.3, 0.4) is 0 Å². The minimum atomic E-state index is 0.0467. The van der Waals surface area contributed by atoms with E-state index in [9.17, 15) is 4.79 Å². The highest BCUT2D eigenvalue weighted by Crippen LogP contribution is 2.17. The van der Waals surface area contributed by atoms with Crippen molar-refractivity contribution in [2.45, 2.75) is 6.42 Å². The Morgan fingerprint density at radius 2 is 2.24 bits per heavy atom. The van der Waals surface area contributed by atoms with Crippen molar-refractivity contribution in [1.82, 2.24) is 10.6 Å². The second kappa shape index (κ2) is 8.08. The number of halogens is 1. The molecule has 0 saturated heterocycles. The minimum Gasteiger partial charge on any atom is -0.492 e. The van der Waals surface area contributed by atoms with E-state index in [0.29, 0.717) is 19.6 Å². The zero-order valence-corrected chi connectivity index (χ0v) is 11.4. The summed E-state index contributed by atoms with van der Waals surface area (Å²) in [5.41, 5.74) is 0. The molecule has 0 saturated carbocycles. The first kappa shape index (κ1) is 14.0. The quantitative estimate of drug-likeness (QED) is 0.751. The van der Waals surface area contributed by atoms with E-state index in [1.807, 2.05) is 24.3 Å². The van der Waals surface area contributed by atoms with Crippen molar-refractivity contribution in [3.05, 3.63) is 28.7 Å². The van der Waals surface area contributed by atoms with Crippen LogP contribution < -0.4 is 15.4 Å². The van der Waals surface area contributed by atoms with Gasteiger partial charge in [-0.15, -0.1) is 0 Å². The maximum Gasteiger partial charge on any atom is 0.221 e. The van der Waals surface area contributed by atoms with Crippen LogP contribution in [0.25, 0.3) is 0 Å². The number of hydrogen-bond donors (Lipinski definition) is 2. The van der Waals surface area contributed by atoms with Crippen molar-refractivity contribution in [2.75, 3.05) is 26.7 Å². The van der Waals surface area contributed by atoms with Gasteiger partial charge in [0, 0.05) is 31.0 Å². The summed E-state index contributed by atoms with van der Waals surface area (Å²) >= 11 is 3.38. The van der Waals surface area contributed by atoms with Crippen molar-refractivity contribution in [1.29, 1.82) is 0 Å². The van der Waals surface area contributed by atoms with Gasteiger partial charge < -0.3 is 15.4 Å². The van der Waals surface area contributed by atoms with Gasteiger partial charge in [0.1, 0.15) is 12.4 Å². The molecular weight excluding hydrogens is 284 g/mol. The van der Waals surface area contributed by atoms with E-state index in [0.717, 1.165) is 16.8 Å². The molecule has 0 aliphatic rings. The number of carbonyl (C=O) groups excluding carboxylic acids is 1. The third kappa shape index (κ3) is 6.28. The summed E-state index contributed by atoms with van der Waals surface area (Å²) in [6.45, 7) is 1.98. The Morgan fingerprint density at radius 1 is 1.41 bits per heavy atom. The molecule has 94 valence electrons. The van der Waals surface area contributed by atoms with E-state index in [1.165, 1.54) is 0 Å². The fourth-order valence-corrected chi connectivity index (χ4v) is 1.63. The van der Waals surface area contributed by atoms with Crippen molar-refractivity contribution >= 4 is 21.8 Å². The van der Waals surface area contributed by atoms with Gasteiger partial charge in [-0.3, -0.25) is 4.79 Å². The normalized spacial score (nSPS) is 10.0. The summed E-state index contributed by atoms with van der Waals surface area (Å²) in [7, 11) is 1.64. The molecule has 0 spiro atoms. The van der Waals surface area contributed by atoms with Crippen molar-refractivity contribution in [3.8, 4) is 5.75 Å². The highest BCUT2D eigenvalue weighted by molar-refractivity contribution is 9.10. The average molecular weight is 301 g/mol. The Morgan fingerprint density at radius 3 is 2.94 bits per heavy atom. The van der Waals surface area contributed by atoms with Crippen LogP contribution in [0.5, 0.6) is 5.75 Å². The molecule has 0 aliphatic carbocycles. The highest BCUT2D eigenvalue weighted by atomic mass is 79.9. The molecule has 1 aromatic rings. The SMILES string of the molecule is CNC(=O)CCNCCOc1cccc(Br)c1. The lowest BCUT2D eigenvalue weighted by molar-refractivity contribution is -0.120. The van der Waals surface area contributed by atoms with Gasteiger partial charge in [0.2, 0.25) is 5.91 Å². The molecule has 5 heteroatoms. The third-order valence-corrected chi connectivity index (χ3v) is 2.64. The standard InChI is InChI=1S/C12H17BrN2O2/c1-14-12(16)5-6-15-7-8-17-11-4-2-3-10(13)9-11/h2-4,9,15H,5-8H2,1H3,(H,14,16). The van der Waals surface area contributed by atoms with Gasteiger partial charge in [-0.25, -0.2) is 0 Å². The first-order chi connectivity index (χ1) is 8.22. The smallest absolute Gasteiger partial charge is 0.221 e. The lowest BCUT2D eigenvalue weighted by Gasteiger charge is -2.07. The van der Waals surface area contributed by atoms with Gasteiger partial charge in [0.25, 0.3) is 0 Å². The van der Waals surface area contributed by atoms with E-state index in [2.05, 4.69) is 26.6 Å². The maximum atomic E-state index is 10.9. The number of amides is 1. The van der Waals surface area contributed by atoms with Crippen molar-refractivity contribution in [2.24, 2.45) is 0 Å². The van der Waals surface area contributed by atoms with Gasteiger partial charge in [0.15, 0.2) is 0 Å². The zero-order chi connectivity index (χ0) is 12.5. The average Bonchev–Trinajstić information content (AvgIpc) is 2.33. The fourth-order valence-electron chi connectivity index (χ4n) is 1.25. The molecule has 0 aliphatic heterocycles. The number of carbonyl (C=O) groups is 1. The summed E-state index contributed by atoms with van der Waals surface area (Å²) in [6.07, 6.45) is 0.493. The van der Waals surface area contributed by atoms with Crippen LogP contribution in [0.4, 0.5) is 0 Å². The molecule has 0 radical (unpaired) electrons. The van der Waals surface area contributed by atoms with E-state index in [4.69, 9.17) is 4.74 Å². The molecular formula is C12H17BrN2O2. The molecule has 0 unspecified atom stereocenters. The second-order valence-electron chi connectivity index (χ2n) is 3.48. The Labute approximate surface area is 110 Å². The van der Waals surface area contributed by atoms with Crippen LogP contribution in [0.15, 0.2) is 28.7 Å². The molecule has 1 aromatic carbocycles. The highest BCUT2D eigenvalue weighted by Gasteiger charge is 1.97. The van der Waals surface area contributed by atoms with Crippen LogP contribution in [-0.4, -0.2) is 32.7 Å². The van der Waals surface area contributed by atoms with Crippen LogP contribution in [0.1, 0.15) is 6.42 Å². The predicted molar refractivity (Wildman–Crippen MR) is 71.2 cm³/mol. The lowest BCUT2D eigenvalue weighted by Crippen LogP contribution is -2.27. The molecule has 0 heterocycles. The summed E-state index contributed by atoms with van der Waals surface area (Å²) < 4.78 is 6.53. The molecule has 0 fully saturated rings. The number of benzene rings is 1. The number of nitrogens with one attached hydrogen (secondary N) is 2. The van der Waals surface area contributed by atoms with Crippen LogP contribution in [-0.2, 0) is 4.79 Å². The molecule has 2 N–H and O–H groups in total. The molecule has 0 atom stereocenters. The van der Waals surface area contributed by atoms with E-state index >= 15 is 0 Å². The Kier molecular flexibility index (Phi) is 6.65. The van der Waals surface area contributed by atoms with Gasteiger partial charge in [-0.2, -0.15) is 0 Å². The van der Waals surface area contributed by atoms with Crippen LogP contribution in [0.2, 0.25) is 0 Å². The molecule has 4 nitrogen and oxygen atoms in total. The molecule has 17 heavy (non-hydrogen) atoms. The number of ether oxygens (including phenoxy) is 1. The summed E-state index contributed by atoms with van der Waals surface area (Å²) in [4.78, 5) is 10.9. The van der Waals surface area contributed by atoms with E-state index < -0.39 is 0 Å². The van der Waals surface area contributed by atoms with Crippen LogP contribution in [0, 0.1) is 0 Å². The molecule has 1 amide bonds. The van der Waals surface area contributed by atoms with Crippen LogP contribution >= 0.6 is 15.9 Å². The first-order valence-corrected chi connectivity index (χ1v) is 6.31. The maximum absolute atomic E-state index is 10.9. The summed E-state index contributed by atoms with van der Waals surface area (Å²) in [6, 6.07) is 7.71. The zero-order valence-electron chi connectivity index (χ0n) is 9.83. The molecule has 0 bridgehead atoms. The van der Waals surface area contributed by atoms with Gasteiger partial charge >= 0.3 is 0 Å². The Hall–Kier alpha value is -1.07. The molecule has 0 aromatic heterocycles. The van der Waals surface area contributed by atoms with E-state index in [1.54, 1.807) is 7.05 Å². The minimum absolute atomic E-state index is 0.0467. The Balaban J connectivity index is 2.06. The Bertz CT molecular complexity index is 358. The number of hydrogen-bond acceptors (Lipinski definition) is 3. The monoisotopic (exact) mass is 300 g/mol. The fraction of sp³-hybridized carbons (Fsp3) is 0.417. The topological polar surface area (TPSA) is 50.4 Å². The molecule has 1 rings (SSSR count). The van der Waals surface area contributed by atoms with E-state index in [-0.39, 0.29) is 5.91 Å².